The second kappa shape index (κ2) is 8.75. The molecule has 1 amide bonds. The molecule has 0 fully saturated rings. The van der Waals surface area contributed by atoms with E-state index in [1.165, 1.54) is 12.1 Å². The Bertz CT molecular complexity index is 1380. The summed E-state index contributed by atoms with van der Waals surface area (Å²) in [5.41, 5.74) is 4.73. The van der Waals surface area contributed by atoms with Gasteiger partial charge in [-0.15, -0.1) is 0 Å². The van der Waals surface area contributed by atoms with Gasteiger partial charge in [0.05, 0.1) is 12.8 Å². The van der Waals surface area contributed by atoms with Gasteiger partial charge in [-0.3, -0.25) is 9.48 Å². The van der Waals surface area contributed by atoms with E-state index in [9.17, 15) is 14.3 Å². The van der Waals surface area contributed by atoms with Crippen LogP contribution in [0.25, 0.3) is 11.1 Å². The van der Waals surface area contributed by atoms with E-state index in [1.54, 1.807) is 28.0 Å². The van der Waals surface area contributed by atoms with E-state index in [2.05, 4.69) is 15.4 Å². The van der Waals surface area contributed by atoms with E-state index < -0.39 is 0 Å². The van der Waals surface area contributed by atoms with Crippen LogP contribution in [-0.2, 0) is 26.7 Å². The molecule has 174 valence electrons. The van der Waals surface area contributed by atoms with Crippen molar-refractivity contribution in [3.8, 4) is 11.1 Å². The number of hydrogen-bond donors (Lipinski definition) is 2. The second-order valence-electron chi connectivity index (χ2n) is 8.45. The Morgan fingerprint density at radius 1 is 1.15 bits per heavy atom. The van der Waals surface area contributed by atoms with Crippen LogP contribution in [0.15, 0.2) is 55.0 Å². The first-order chi connectivity index (χ1) is 16.4. The molecule has 1 aliphatic heterocycles. The molecule has 1 aromatic carbocycles. The van der Waals surface area contributed by atoms with E-state index in [0.29, 0.717) is 35.7 Å². The molecule has 0 atom stereocenters. The molecule has 0 aliphatic carbocycles. The lowest BCUT2D eigenvalue weighted by atomic mass is 10.0. The standard InChI is InChI=1S/C25H25FN6O2/c1-16-12-27-23(29-24-5-6-28-30(24)2)11-21(16)19-10-22-25(34)32(8-7-31(22)14-19)13-18-9-20(26)4-3-17(18)15-33/h3-6,9-12,14,33H,7-8,13,15H2,1-2H3,(H,27,29). The highest BCUT2D eigenvalue weighted by atomic mass is 19.1. The first kappa shape index (κ1) is 21.8. The molecule has 4 aromatic rings. The predicted octanol–water partition coefficient (Wildman–Crippen LogP) is 3.62. The fourth-order valence-electron chi connectivity index (χ4n) is 4.30. The van der Waals surface area contributed by atoms with Crippen molar-refractivity contribution in [2.24, 2.45) is 7.05 Å². The van der Waals surface area contributed by atoms with E-state index in [4.69, 9.17) is 0 Å². The number of nitrogens with one attached hydrogen (secondary N) is 1. The van der Waals surface area contributed by atoms with Crippen LogP contribution in [0.4, 0.5) is 16.0 Å². The fourth-order valence-corrected chi connectivity index (χ4v) is 4.30. The molecule has 0 spiro atoms. The SMILES string of the molecule is Cc1cnc(Nc2ccnn2C)cc1-c1cc2n(c1)CCN(Cc1cc(F)ccc1CO)C2=O. The number of fused-ring (bicyclic) bond motifs is 1. The predicted molar refractivity (Wildman–Crippen MR) is 126 cm³/mol. The summed E-state index contributed by atoms with van der Waals surface area (Å²) in [5, 5.41) is 17.0. The van der Waals surface area contributed by atoms with Crippen molar-refractivity contribution in [3.05, 3.63) is 83.2 Å². The number of pyridine rings is 1. The summed E-state index contributed by atoms with van der Waals surface area (Å²) < 4.78 is 17.5. The number of benzene rings is 1. The van der Waals surface area contributed by atoms with Gasteiger partial charge in [-0.1, -0.05) is 6.07 Å². The smallest absolute Gasteiger partial charge is 0.270 e. The zero-order valence-electron chi connectivity index (χ0n) is 19.0. The number of anilines is 2. The maximum absolute atomic E-state index is 13.8. The van der Waals surface area contributed by atoms with Crippen molar-refractivity contribution < 1.29 is 14.3 Å². The number of aliphatic hydroxyl groups excluding tert-OH is 1. The number of hydrogen-bond acceptors (Lipinski definition) is 5. The Labute approximate surface area is 196 Å². The average molecular weight is 461 g/mol. The van der Waals surface area contributed by atoms with Crippen molar-refractivity contribution in [2.75, 3.05) is 11.9 Å². The molecule has 0 radical (unpaired) electrons. The number of aryl methyl sites for hydroxylation is 2. The van der Waals surface area contributed by atoms with Gasteiger partial charge in [0.1, 0.15) is 23.1 Å². The molecule has 4 heterocycles. The zero-order valence-corrected chi connectivity index (χ0v) is 19.0. The van der Waals surface area contributed by atoms with Gasteiger partial charge in [-0.25, -0.2) is 9.37 Å². The lowest BCUT2D eigenvalue weighted by Crippen LogP contribution is -2.39. The summed E-state index contributed by atoms with van der Waals surface area (Å²) in [6.45, 7) is 3.18. The molecular formula is C25H25FN6O2. The summed E-state index contributed by atoms with van der Waals surface area (Å²) in [7, 11) is 1.85. The highest BCUT2D eigenvalue weighted by Crippen LogP contribution is 2.30. The third kappa shape index (κ3) is 4.06. The van der Waals surface area contributed by atoms with Crippen LogP contribution in [-0.4, -0.2) is 41.8 Å². The minimum absolute atomic E-state index is 0.120. The van der Waals surface area contributed by atoms with Crippen LogP contribution in [0.1, 0.15) is 27.2 Å². The Kier molecular flexibility index (Phi) is 5.62. The van der Waals surface area contributed by atoms with Crippen LogP contribution >= 0.6 is 0 Å². The summed E-state index contributed by atoms with van der Waals surface area (Å²) >= 11 is 0. The summed E-state index contributed by atoms with van der Waals surface area (Å²) in [6, 6.07) is 9.99. The van der Waals surface area contributed by atoms with Gasteiger partial charge < -0.3 is 19.9 Å². The first-order valence-corrected chi connectivity index (χ1v) is 11.0. The lowest BCUT2D eigenvalue weighted by Gasteiger charge is -2.29. The zero-order chi connectivity index (χ0) is 23.8. The van der Waals surface area contributed by atoms with Gasteiger partial charge in [0, 0.05) is 50.7 Å². The minimum Gasteiger partial charge on any atom is -0.392 e. The topological polar surface area (TPSA) is 88.2 Å². The number of halogens is 1. The largest absolute Gasteiger partial charge is 0.392 e. The van der Waals surface area contributed by atoms with Crippen molar-refractivity contribution in [1.82, 2.24) is 24.2 Å². The van der Waals surface area contributed by atoms with Crippen molar-refractivity contribution in [1.29, 1.82) is 0 Å². The molecule has 5 rings (SSSR count). The lowest BCUT2D eigenvalue weighted by molar-refractivity contribution is 0.0689. The number of carbonyl (C=O) groups excluding carboxylic acids is 1. The quantitative estimate of drug-likeness (QED) is 0.459. The number of amides is 1. The molecule has 2 N–H and O–H groups in total. The molecule has 0 bridgehead atoms. The van der Waals surface area contributed by atoms with Crippen LogP contribution in [0, 0.1) is 12.7 Å². The average Bonchev–Trinajstić information content (AvgIpc) is 3.44. The first-order valence-electron chi connectivity index (χ1n) is 11.0. The van der Waals surface area contributed by atoms with Crippen molar-refractivity contribution in [3.63, 3.8) is 0 Å². The number of aromatic nitrogens is 4. The van der Waals surface area contributed by atoms with Crippen molar-refractivity contribution >= 4 is 17.5 Å². The fraction of sp³-hybridized carbons (Fsp3) is 0.240. The second-order valence-corrected chi connectivity index (χ2v) is 8.45. The van der Waals surface area contributed by atoms with Gasteiger partial charge in [-0.2, -0.15) is 5.10 Å². The molecule has 0 unspecified atom stereocenters. The third-order valence-corrected chi connectivity index (χ3v) is 6.20. The Morgan fingerprint density at radius 2 is 2.00 bits per heavy atom. The highest BCUT2D eigenvalue weighted by Gasteiger charge is 2.26. The normalized spacial score (nSPS) is 13.3. The molecule has 9 heteroatoms. The molecule has 34 heavy (non-hydrogen) atoms. The summed E-state index contributed by atoms with van der Waals surface area (Å²) in [5.74, 6) is 1.00. The monoisotopic (exact) mass is 460 g/mol. The molecule has 0 saturated carbocycles. The number of carbonyl (C=O) groups is 1. The maximum Gasteiger partial charge on any atom is 0.270 e. The van der Waals surface area contributed by atoms with Crippen LogP contribution in [0.5, 0.6) is 0 Å². The number of aliphatic hydroxyl groups is 1. The molecule has 8 nitrogen and oxygen atoms in total. The van der Waals surface area contributed by atoms with E-state index in [-0.39, 0.29) is 24.9 Å². The van der Waals surface area contributed by atoms with E-state index in [1.807, 2.05) is 42.9 Å². The summed E-state index contributed by atoms with van der Waals surface area (Å²) in [6.07, 6.45) is 5.51. The van der Waals surface area contributed by atoms with Gasteiger partial charge in [0.15, 0.2) is 0 Å². The molecule has 0 saturated heterocycles. The maximum atomic E-state index is 13.8. The Morgan fingerprint density at radius 3 is 2.76 bits per heavy atom. The van der Waals surface area contributed by atoms with Crippen molar-refractivity contribution in [2.45, 2.75) is 26.6 Å². The summed E-state index contributed by atoms with van der Waals surface area (Å²) in [4.78, 5) is 19.4. The van der Waals surface area contributed by atoms with Gasteiger partial charge in [-0.05, 0) is 53.4 Å². The Hall–Kier alpha value is -3.98. The van der Waals surface area contributed by atoms with Crippen LogP contribution in [0.3, 0.4) is 0 Å². The number of rotatable bonds is 6. The molecule has 3 aromatic heterocycles. The van der Waals surface area contributed by atoms with Gasteiger partial charge in [0.25, 0.3) is 5.91 Å². The van der Waals surface area contributed by atoms with E-state index in [0.717, 1.165) is 22.5 Å². The highest BCUT2D eigenvalue weighted by molar-refractivity contribution is 5.95. The minimum atomic E-state index is -0.383. The van der Waals surface area contributed by atoms with Gasteiger partial charge >= 0.3 is 0 Å². The van der Waals surface area contributed by atoms with Gasteiger partial charge in [0.2, 0.25) is 0 Å². The molecular weight excluding hydrogens is 435 g/mol. The van der Waals surface area contributed by atoms with E-state index >= 15 is 0 Å². The number of nitrogens with zero attached hydrogens (tertiary/aromatic N) is 5. The van der Waals surface area contributed by atoms with Crippen LogP contribution < -0.4 is 5.32 Å². The Balaban J connectivity index is 1.41. The molecule has 1 aliphatic rings. The third-order valence-electron chi connectivity index (χ3n) is 6.20. The van der Waals surface area contributed by atoms with Crippen LogP contribution in [0.2, 0.25) is 0 Å².